The number of aromatic amines is 1. The van der Waals surface area contributed by atoms with Crippen LogP contribution in [-0.2, 0) is 0 Å². The second-order valence-electron chi connectivity index (χ2n) is 6.55. The number of nitrogens with zero attached hydrogens (tertiary/aromatic N) is 2. The van der Waals surface area contributed by atoms with Crippen LogP contribution in [0.5, 0.6) is 11.5 Å². The molecule has 154 valence electrons. The molecule has 1 atom stereocenters. The normalized spacial score (nSPS) is 12.4. The molecule has 0 aliphatic carbocycles. The zero-order chi connectivity index (χ0) is 21.3. The molecule has 9 heteroatoms. The second kappa shape index (κ2) is 8.28. The topological polar surface area (TPSA) is 69.1 Å². The summed E-state index contributed by atoms with van der Waals surface area (Å²) in [6, 6.07) is 6.10. The monoisotopic (exact) mass is 421 g/mol. The summed E-state index contributed by atoms with van der Waals surface area (Å²) in [6.45, 7) is 3.83. The van der Waals surface area contributed by atoms with Crippen LogP contribution in [-0.4, -0.2) is 28.8 Å². The van der Waals surface area contributed by atoms with Crippen LogP contribution in [0.3, 0.4) is 0 Å². The molecule has 0 spiro atoms. The van der Waals surface area contributed by atoms with E-state index in [1.807, 2.05) is 13.8 Å². The number of nitrogens with one attached hydrogen (secondary N) is 1. The van der Waals surface area contributed by atoms with Crippen molar-refractivity contribution in [1.82, 2.24) is 14.5 Å². The molecule has 0 aliphatic heterocycles. The minimum Gasteiger partial charge on any atom is -0.493 e. The molecule has 0 fully saturated rings. The van der Waals surface area contributed by atoms with Gasteiger partial charge in [0.2, 0.25) is 0 Å². The lowest BCUT2D eigenvalue weighted by Crippen LogP contribution is -2.19. The van der Waals surface area contributed by atoms with E-state index in [0.717, 1.165) is 0 Å². The molecular weight excluding hydrogens is 400 g/mol. The summed E-state index contributed by atoms with van der Waals surface area (Å²) in [6.07, 6.45) is -2.18. The Balaban J connectivity index is 2.41. The first-order valence-corrected chi connectivity index (χ1v) is 9.43. The number of ether oxygens (including phenoxy) is 2. The lowest BCUT2D eigenvalue weighted by molar-refractivity contribution is 0.153. The van der Waals surface area contributed by atoms with Crippen molar-refractivity contribution in [3.63, 3.8) is 0 Å². The summed E-state index contributed by atoms with van der Waals surface area (Å²) in [7, 11) is 2.99. The van der Waals surface area contributed by atoms with E-state index in [-0.39, 0.29) is 27.5 Å². The highest BCUT2D eigenvalue weighted by Crippen LogP contribution is 2.35. The molecular formula is C20H21F2N3O3S. The molecule has 0 radical (unpaired) electrons. The summed E-state index contributed by atoms with van der Waals surface area (Å²) in [5.74, 6) is 0.945. The Labute approximate surface area is 171 Å². The van der Waals surface area contributed by atoms with Crippen LogP contribution < -0.4 is 15.0 Å². The van der Waals surface area contributed by atoms with Crippen LogP contribution in [0.25, 0.3) is 22.3 Å². The number of aromatic nitrogens is 3. The van der Waals surface area contributed by atoms with Gasteiger partial charge in [-0.05, 0) is 49.8 Å². The van der Waals surface area contributed by atoms with E-state index < -0.39 is 17.5 Å². The lowest BCUT2D eigenvalue weighted by atomic mass is 10.1. The van der Waals surface area contributed by atoms with Crippen LogP contribution in [0.1, 0.15) is 38.3 Å². The molecule has 2 aromatic heterocycles. The second-order valence-corrected chi connectivity index (χ2v) is 6.94. The van der Waals surface area contributed by atoms with E-state index in [1.54, 1.807) is 22.8 Å². The number of H-pyrrole nitrogens is 1. The molecule has 1 N–H and O–H groups in total. The molecule has 29 heavy (non-hydrogen) atoms. The summed E-state index contributed by atoms with van der Waals surface area (Å²) < 4.78 is 40.1. The van der Waals surface area contributed by atoms with Crippen molar-refractivity contribution in [3.05, 3.63) is 45.0 Å². The predicted octanol–water partition coefficient (Wildman–Crippen LogP) is 5.05. The standard InChI is InChI=1S/C20H21F2N3O3S/c1-5-10(2)25-18-16(19(26)24-20(25)29)12(17(21)22)9-13(23-18)11-6-7-14(27-3)15(8-11)28-4/h6-10,17H,5H2,1-4H3,(H,24,26,29)/t10-/m0/s1. The molecule has 0 aliphatic rings. The van der Waals surface area contributed by atoms with Gasteiger partial charge in [0.1, 0.15) is 5.65 Å². The number of benzene rings is 1. The van der Waals surface area contributed by atoms with Gasteiger partial charge in [0.25, 0.3) is 12.0 Å². The third kappa shape index (κ3) is 3.74. The first kappa shape index (κ1) is 20.9. The number of halogens is 2. The zero-order valence-electron chi connectivity index (χ0n) is 16.5. The third-order valence-electron chi connectivity index (χ3n) is 4.87. The molecule has 2 heterocycles. The van der Waals surface area contributed by atoms with E-state index in [9.17, 15) is 13.6 Å². The molecule has 0 saturated heterocycles. The van der Waals surface area contributed by atoms with Crippen molar-refractivity contribution in [2.75, 3.05) is 14.2 Å². The fourth-order valence-electron chi connectivity index (χ4n) is 3.18. The maximum absolute atomic E-state index is 13.9. The number of hydrogen-bond donors (Lipinski definition) is 1. The smallest absolute Gasteiger partial charge is 0.264 e. The first-order chi connectivity index (χ1) is 13.8. The number of rotatable bonds is 6. The molecule has 1 aromatic carbocycles. The van der Waals surface area contributed by atoms with Gasteiger partial charge in [0.05, 0.1) is 25.3 Å². The van der Waals surface area contributed by atoms with Gasteiger partial charge in [-0.25, -0.2) is 13.8 Å². The maximum atomic E-state index is 13.9. The molecule has 6 nitrogen and oxygen atoms in total. The highest BCUT2D eigenvalue weighted by Gasteiger charge is 2.22. The Kier molecular flexibility index (Phi) is 5.97. The van der Waals surface area contributed by atoms with Crippen molar-refractivity contribution in [2.45, 2.75) is 32.7 Å². The largest absolute Gasteiger partial charge is 0.493 e. The molecule has 3 rings (SSSR count). The highest BCUT2D eigenvalue weighted by atomic mass is 32.1. The average Bonchev–Trinajstić information content (AvgIpc) is 2.71. The van der Waals surface area contributed by atoms with Crippen molar-refractivity contribution in [2.24, 2.45) is 0 Å². The Morgan fingerprint density at radius 3 is 2.48 bits per heavy atom. The lowest BCUT2D eigenvalue weighted by Gasteiger charge is -2.18. The summed E-state index contributed by atoms with van der Waals surface area (Å²) >= 11 is 5.29. The first-order valence-electron chi connectivity index (χ1n) is 9.02. The summed E-state index contributed by atoms with van der Waals surface area (Å²) in [4.78, 5) is 19.5. The van der Waals surface area contributed by atoms with Crippen LogP contribution in [0, 0.1) is 4.77 Å². The quantitative estimate of drug-likeness (QED) is 0.564. The SMILES string of the molecule is CC[C@H](C)n1c(=S)[nH]c(=O)c2c(C(F)F)cc(-c3ccc(OC)c(OC)c3)nc21. The van der Waals surface area contributed by atoms with E-state index >= 15 is 0 Å². The van der Waals surface area contributed by atoms with Gasteiger partial charge in [-0.2, -0.15) is 0 Å². The number of methoxy groups -OCH3 is 2. The van der Waals surface area contributed by atoms with Crippen molar-refractivity contribution in [3.8, 4) is 22.8 Å². The minimum absolute atomic E-state index is 0.135. The zero-order valence-corrected chi connectivity index (χ0v) is 17.3. The molecule has 0 amide bonds. The van der Waals surface area contributed by atoms with Gasteiger partial charge < -0.3 is 9.47 Å². The van der Waals surface area contributed by atoms with Crippen LogP contribution in [0.15, 0.2) is 29.1 Å². The van der Waals surface area contributed by atoms with Crippen molar-refractivity contribution < 1.29 is 18.3 Å². The number of hydrogen-bond acceptors (Lipinski definition) is 5. The van der Waals surface area contributed by atoms with E-state index in [0.29, 0.717) is 23.5 Å². The van der Waals surface area contributed by atoms with Crippen molar-refractivity contribution >= 4 is 23.3 Å². The third-order valence-corrected chi connectivity index (χ3v) is 5.17. The predicted molar refractivity (Wildman–Crippen MR) is 110 cm³/mol. The van der Waals surface area contributed by atoms with Gasteiger partial charge in [0, 0.05) is 17.2 Å². The Morgan fingerprint density at radius 2 is 1.90 bits per heavy atom. The average molecular weight is 421 g/mol. The van der Waals surface area contributed by atoms with Crippen LogP contribution >= 0.6 is 12.2 Å². The highest BCUT2D eigenvalue weighted by molar-refractivity contribution is 7.71. The molecule has 0 bridgehead atoms. The van der Waals surface area contributed by atoms with Crippen LogP contribution in [0.4, 0.5) is 8.78 Å². The minimum atomic E-state index is -2.86. The fourth-order valence-corrected chi connectivity index (χ4v) is 3.54. The van der Waals surface area contributed by atoms with Gasteiger partial charge >= 0.3 is 0 Å². The maximum Gasteiger partial charge on any atom is 0.264 e. The van der Waals surface area contributed by atoms with Gasteiger partial charge in [-0.15, -0.1) is 0 Å². The van der Waals surface area contributed by atoms with E-state index in [1.165, 1.54) is 20.3 Å². The molecule has 0 saturated carbocycles. The Morgan fingerprint density at radius 1 is 1.21 bits per heavy atom. The van der Waals surface area contributed by atoms with E-state index in [2.05, 4.69) is 9.97 Å². The number of alkyl halides is 2. The number of fused-ring (bicyclic) bond motifs is 1. The van der Waals surface area contributed by atoms with Gasteiger partial charge in [-0.3, -0.25) is 14.3 Å². The van der Waals surface area contributed by atoms with Gasteiger partial charge in [0.15, 0.2) is 16.3 Å². The van der Waals surface area contributed by atoms with Gasteiger partial charge in [-0.1, -0.05) is 6.92 Å². The Bertz CT molecular complexity index is 1170. The fraction of sp³-hybridized carbons (Fsp3) is 0.350. The van der Waals surface area contributed by atoms with Crippen molar-refractivity contribution in [1.29, 1.82) is 0 Å². The molecule has 3 aromatic rings. The summed E-state index contributed by atoms with van der Waals surface area (Å²) in [5.41, 5.74) is -0.103. The van der Waals surface area contributed by atoms with Crippen LogP contribution in [0.2, 0.25) is 0 Å². The number of pyridine rings is 1. The Hall–Kier alpha value is -2.81. The van der Waals surface area contributed by atoms with E-state index in [4.69, 9.17) is 21.7 Å². The molecule has 0 unspecified atom stereocenters. The summed E-state index contributed by atoms with van der Waals surface area (Å²) in [5, 5.41) is -0.155.